The van der Waals surface area contributed by atoms with Crippen LogP contribution in [0.3, 0.4) is 0 Å². The quantitative estimate of drug-likeness (QED) is 0.829. The molecular formula is C19H22N2O2. The van der Waals surface area contributed by atoms with Crippen molar-refractivity contribution in [1.82, 2.24) is 4.90 Å². The van der Waals surface area contributed by atoms with Gasteiger partial charge in [0.05, 0.1) is 11.5 Å². The summed E-state index contributed by atoms with van der Waals surface area (Å²) in [5.74, 6) is 1.24. The Balaban J connectivity index is 1.59. The number of anilines is 1. The number of Topliss-reactive ketones (excluding diaryl/α,β-unsaturated/α-hetero) is 1. The first-order valence-electron chi connectivity index (χ1n) is 9.04. The van der Waals surface area contributed by atoms with E-state index in [1.807, 2.05) is 6.07 Å². The number of nitrogens with one attached hydrogen (secondary N) is 1. The first-order valence-corrected chi connectivity index (χ1v) is 9.04. The lowest BCUT2D eigenvalue weighted by Gasteiger charge is -2.61. The van der Waals surface area contributed by atoms with Gasteiger partial charge in [0, 0.05) is 29.6 Å². The molecule has 23 heavy (non-hydrogen) atoms. The molecule has 4 heteroatoms. The van der Waals surface area contributed by atoms with Crippen LogP contribution in [0.25, 0.3) is 0 Å². The van der Waals surface area contributed by atoms with Crippen LogP contribution in [0.15, 0.2) is 24.3 Å². The van der Waals surface area contributed by atoms with E-state index in [2.05, 4.69) is 35.3 Å². The number of fused-ring (bicyclic) bond motifs is 2. The molecule has 5 fully saturated rings. The highest BCUT2D eigenvalue weighted by atomic mass is 16.3. The average molecular weight is 310 g/mol. The number of ketones is 1. The number of carbonyl (C=O) groups is 1. The number of piperidine rings is 4. The maximum Gasteiger partial charge on any atom is 0.150 e. The van der Waals surface area contributed by atoms with Crippen LogP contribution >= 0.6 is 0 Å². The van der Waals surface area contributed by atoms with Gasteiger partial charge >= 0.3 is 0 Å². The third-order valence-electron chi connectivity index (χ3n) is 7.77. The van der Waals surface area contributed by atoms with E-state index in [9.17, 15) is 9.90 Å². The smallest absolute Gasteiger partial charge is 0.150 e. The highest BCUT2D eigenvalue weighted by Crippen LogP contribution is 2.66. The number of para-hydroxylation sites is 1. The van der Waals surface area contributed by atoms with E-state index in [1.165, 1.54) is 5.56 Å². The molecule has 1 aromatic carbocycles. The zero-order valence-corrected chi connectivity index (χ0v) is 13.3. The predicted molar refractivity (Wildman–Crippen MR) is 86.0 cm³/mol. The molecule has 0 aromatic heterocycles. The van der Waals surface area contributed by atoms with Crippen LogP contribution in [-0.2, 0) is 10.2 Å². The summed E-state index contributed by atoms with van der Waals surface area (Å²) in [5, 5.41) is 14.6. The number of nitrogens with zero attached hydrogens (tertiary/aromatic N) is 1. The summed E-state index contributed by atoms with van der Waals surface area (Å²) >= 11 is 0. The van der Waals surface area contributed by atoms with E-state index in [0.717, 1.165) is 24.9 Å². The van der Waals surface area contributed by atoms with Gasteiger partial charge in [0.25, 0.3) is 0 Å². The molecule has 2 N–H and O–H groups in total. The Kier molecular flexibility index (Phi) is 2.15. The van der Waals surface area contributed by atoms with Crippen LogP contribution < -0.4 is 5.32 Å². The fourth-order valence-corrected chi connectivity index (χ4v) is 7.09. The number of aliphatic hydroxyl groups is 1. The minimum absolute atomic E-state index is 0.137. The van der Waals surface area contributed by atoms with Gasteiger partial charge in [-0.25, -0.2) is 0 Å². The SMILES string of the molecule is CC[C@@H]1[C@H]2C[C@@H]3C4Nc5ccccc5[C@@]45CC(C2C5=O)N3[C@H]1O. The largest absolute Gasteiger partial charge is 0.379 e. The van der Waals surface area contributed by atoms with E-state index in [-0.39, 0.29) is 35.6 Å². The van der Waals surface area contributed by atoms with Gasteiger partial charge < -0.3 is 10.4 Å². The molecule has 6 aliphatic rings. The van der Waals surface area contributed by atoms with Crippen molar-refractivity contribution in [2.45, 2.75) is 56.0 Å². The Morgan fingerprint density at radius 1 is 1.35 bits per heavy atom. The van der Waals surface area contributed by atoms with Crippen LogP contribution in [-0.4, -0.2) is 40.1 Å². The standard InChI is InChI=1S/C19H22N2O2/c1-2-9-10-7-13-16-19(11-5-3-4-6-12(11)20-16)8-14(15(10)17(19)22)21(13)18(9)23/h3-6,9-10,13-16,18,20,23H,2,7-8H2,1H3/t9-,10-,13-,14?,15?,16?,18+,19+/m1/s1. The average Bonchev–Trinajstić information content (AvgIpc) is 3.02. The minimum Gasteiger partial charge on any atom is -0.379 e. The van der Waals surface area contributed by atoms with E-state index in [1.54, 1.807) is 0 Å². The number of rotatable bonds is 1. The fourth-order valence-electron chi connectivity index (χ4n) is 7.09. The first-order chi connectivity index (χ1) is 11.2. The number of benzene rings is 1. The third-order valence-corrected chi connectivity index (χ3v) is 7.77. The van der Waals surface area contributed by atoms with Crippen LogP contribution in [0, 0.1) is 17.8 Å². The van der Waals surface area contributed by atoms with Crippen molar-refractivity contribution in [2.24, 2.45) is 17.8 Å². The van der Waals surface area contributed by atoms with Crippen LogP contribution in [0.4, 0.5) is 5.69 Å². The molecule has 9 atom stereocenters. The van der Waals surface area contributed by atoms with Crippen LogP contribution in [0.2, 0.25) is 0 Å². The van der Waals surface area contributed by atoms with Gasteiger partial charge in [0.1, 0.15) is 6.23 Å². The molecule has 0 amide bonds. The summed E-state index contributed by atoms with van der Waals surface area (Å²) in [6.45, 7) is 2.15. The molecule has 5 heterocycles. The Hall–Kier alpha value is -1.39. The molecule has 4 nitrogen and oxygen atoms in total. The lowest BCUT2D eigenvalue weighted by molar-refractivity contribution is -0.206. The molecule has 120 valence electrons. The lowest BCUT2D eigenvalue weighted by atomic mass is 9.63. The van der Waals surface area contributed by atoms with E-state index in [4.69, 9.17) is 0 Å². The number of hydrogen-bond acceptors (Lipinski definition) is 4. The van der Waals surface area contributed by atoms with Gasteiger partial charge in [-0.3, -0.25) is 9.69 Å². The number of aliphatic hydroxyl groups excluding tert-OH is 1. The second kappa shape index (κ2) is 3.81. The Labute approximate surface area is 135 Å². The maximum atomic E-state index is 13.6. The number of carbonyl (C=O) groups excluding carboxylic acids is 1. The van der Waals surface area contributed by atoms with Gasteiger partial charge in [-0.05, 0) is 36.8 Å². The monoisotopic (exact) mass is 310 g/mol. The lowest BCUT2D eigenvalue weighted by Crippen LogP contribution is -2.71. The minimum atomic E-state index is -0.362. The van der Waals surface area contributed by atoms with Crippen molar-refractivity contribution < 1.29 is 9.90 Å². The highest BCUT2D eigenvalue weighted by Gasteiger charge is 2.75. The summed E-state index contributed by atoms with van der Waals surface area (Å²) in [6, 6.07) is 9.07. The molecular weight excluding hydrogens is 288 g/mol. The van der Waals surface area contributed by atoms with Gasteiger partial charge in [-0.15, -0.1) is 0 Å². The molecule has 5 bridgehead atoms. The molecule has 0 radical (unpaired) electrons. The van der Waals surface area contributed by atoms with Crippen molar-refractivity contribution in [3.63, 3.8) is 0 Å². The maximum absolute atomic E-state index is 13.6. The first kappa shape index (κ1) is 13.0. The Morgan fingerprint density at radius 2 is 2.17 bits per heavy atom. The second-order valence-corrected chi connectivity index (χ2v) is 8.20. The summed E-state index contributed by atoms with van der Waals surface area (Å²) < 4.78 is 0. The van der Waals surface area contributed by atoms with E-state index in [0.29, 0.717) is 17.7 Å². The molecule has 5 aliphatic heterocycles. The highest BCUT2D eigenvalue weighted by molar-refractivity contribution is 6.01. The van der Waals surface area contributed by atoms with Crippen LogP contribution in [0.5, 0.6) is 0 Å². The van der Waals surface area contributed by atoms with Gasteiger partial charge in [0.2, 0.25) is 0 Å². The summed E-state index contributed by atoms with van der Waals surface area (Å²) in [4.78, 5) is 15.9. The van der Waals surface area contributed by atoms with Crippen molar-refractivity contribution in [3.8, 4) is 0 Å². The zero-order chi connectivity index (χ0) is 15.5. The molecule has 1 aliphatic carbocycles. The summed E-state index contributed by atoms with van der Waals surface area (Å²) in [6.07, 6.45) is 2.56. The van der Waals surface area contributed by atoms with E-state index < -0.39 is 0 Å². The number of hydrogen-bond donors (Lipinski definition) is 2. The van der Waals surface area contributed by atoms with Crippen molar-refractivity contribution >= 4 is 11.5 Å². The topological polar surface area (TPSA) is 52.6 Å². The molecule has 4 unspecified atom stereocenters. The van der Waals surface area contributed by atoms with E-state index >= 15 is 0 Å². The molecule has 7 rings (SSSR count). The molecule has 4 saturated heterocycles. The summed E-state index contributed by atoms with van der Waals surface area (Å²) in [5.41, 5.74) is 2.03. The van der Waals surface area contributed by atoms with Crippen molar-refractivity contribution in [3.05, 3.63) is 29.8 Å². The van der Waals surface area contributed by atoms with Gasteiger partial charge in [-0.1, -0.05) is 25.1 Å². The molecule has 1 saturated carbocycles. The molecule has 1 aromatic rings. The van der Waals surface area contributed by atoms with Crippen LogP contribution in [0.1, 0.15) is 31.7 Å². The fraction of sp³-hybridized carbons (Fsp3) is 0.632. The zero-order valence-electron chi connectivity index (χ0n) is 13.3. The molecule has 1 spiro atoms. The Morgan fingerprint density at radius 3 is 3.00 bits per heavy atom. The second-order valence-electron chi connectivity index (χ2n) is 8.20. The third kappa shape index (κ3) is 1.16. The van der Waals surface area contributed by atoms with Gasteiger partial charge in [0.15, 0.2) is 5.78 Å². The Bertz CT molecular complexity index is 734. The normalized spacial score (nSPS) is 54.1. The summed E-state index contributed by atoms with van der Waals surface area (Å²) in [7, 11) is 0. The van der Waals surface area contributed by atoms with Crippen molar-refractivity contribution in [1.29, 1.82) is 0 Å². The predicted octanol–water partition coefficient (Wildman–Crippen LogP) is 1.74. The van der Waals surface area contributed by atoms with Crippen molar-refractivity contribution in [2.75, 3.05) is 5.32 Å². The van der Waals surface area contributed by atoms with Gasteiger partial charge in [-0.2, -0.15) is 0 Å².